The van der Waals surface area contributed by atoms with E-state index in [1.807, 2.05) is 18.7 Å². The molecule has 1 amide bonds. The van der Waals surface area contributed by atoms with Crippen molar-refractivity contribution in [3.63, 3.8) is 0 Å². The molecule has 14 heteroatoms. The molecule has 45 heavy (non-hydrogen) atoms. The number of rotatable bonds is 5. The van der Waals surface area contributed by atoms with E-state index in [0.717, 1.165) is 0 Å². The molecule has 0 saturated carbocycles. The van der Waals surface area contributed by atoms with E-state index in [9.17, 15) is 19.2 Å². The third-order valence-electron chi connectivity index (χ3n) is 7.95. The second kappa shape index (κ2) is 12.5. The van der Waals surface area contributed by atoms with Gasteiger partial charge in [0, 0.05) is 37.8 Å². The lowest BCUT2D eigenvalue weighted by Crippen LogP contribution is -2.49. The van der Waals surface area contributed by atoms with Gasteiger partial charge in [0.2, 0.25) is 5.91 Å². The van der Waals surface area contributed by atoms with Crippen molar-refractivity contribution in [1.29, 1.82) is 5.26 Å². The number of aromatic nitrogens is 3. The summed E-state index contributed by atoms with van der Waals surface area (Å²) in [6, 6.07) is 3.76. The largest absolute Gasteiger partial charge is 0.366 e. The number of hydrogen-bond donors (Lipinski definition) is 1. The molecule has 1 fully saturated rings. The van der Waals surface area contributed by atoms with Crippen LogP contribution < -0.4 is 16.2 Å². The van der Waals surface area contributed by atoms with Crippen LogP contribution in [0.5, 0.6) is 0 Å². The lowest BCUT2D eigenvalue weighted by molar-refractivity contribution is -0.126. The number of hydrogen-bond acceptors (Lipinski definition) is 7. The van der Waals surface area contributed by atoms with Gasteiger partial charge in [0.1, 0.15) is 17.3 Å². The van der Waals surface area contributed by atoms with Crippen LogP contribution in [0.1, 0.15) is 42.3 Å². The summed E-state index contributed by atoms with van der Waals surface area (Å²) in [6.07, 6.45) is 0.760. The van der Waals surface area contributed by atoms with E-state index < -0.39 is 34.2 Å². The standard InChI is InChI=1S/C31H28Cl3F2N7O2/c1-5-19(44)41-8-10-42(11-9-41)29-16-12-18(32)27(20-21(33)25(38)24(36)22(34)23(20)35)40-30(16)43(31(45)17(29)13-37)28-15(4)6-7-39-26(28)14(2)3/h5-7,12,14,24-25H,1,8-11,38H2,2-4H3/t24?,25-/m0/s1. The van der Waals surface area contributed by atoms with Crippen LogP contribution in [-0.4, -0.2) is 63.7 Å². The highest BCUT2D eigenvalue weighted by molar-refractivity contribution is 6.39. The molecule has 5 rings (SSSR count). The first-order valence-electron chi connectivity index (χ1n) is 14.0. The zero-order chi connectivity index (χ0) is 32.9. The van der Waals surface area contributed by atoms with Gasteiger partial charge in [-0.2, -0.15) is 5.26 Å². The number of aryl methyl sites for hydroxylation is 1. The predicted molar refractivity (Wildman–Crippen MR) is 172 cm³/mol. The van der Waals surface area contributed by atoms with Crippen molar-refractivity contribution in [2.45, 2.75) is 38.9 Å². The monoisotopic (exact) mass is 673 g/mol. The highest BCUT2D eigenvalue weighted by Gasteiger charge is 2.38. The van der Waals surface area contributed by atoms with Crippen molar-refractivity contribution in [3.8, 4) is 11.8 Å². The molecule has 4 heterocycles. The van der Waals surface area contributed by atoms with E-state index in [4.69, 9.17) is 45.5 Å². The Morgan fingerprint density at radius 2 is 1.87 bits per heavy atom. The molecule has 1 aliphatic heterocycles. The molecular formula is C31H28Cl3F2N7O2. The first-order chi connectivity index (χ1) is 21.3. The van der Waals surface area contributed by atoms with Crippen LogP contribution in [0.3, 0.4) is 0 Å². The van der Waals surface area contributed by atoms with Gasteiger partial charge in [-0.1, -0.05) is 55.2 Å². The van der Waals surface area contributed by atoms with Crippen molar-refractivity contribution < 1.29 is 13.6 Å². The number of halogens is 5. The van der Waals surface area contributed by atoms with Gasteiger partial charge >= 0.3 is 0 Å². The summed E-state index contributed by atoms with van der Waals surface area (Å²) >= 11 is 19.1. The summed E-state index contributed by atoms with van der Waals surface area (Å²) in [7, 11) is 0. The first-order valence-corrected chi connectivity index (χ1v) is 15.1. The fourth-order valence-corrected chi connectivity index (χ4v) is 6.42. The molecule has 0 bridgehead atoms. The number of fused-ring (bicyclic) bond motifs is 1. The Kier molecular flexibility index (Phi) is 9.06. The van der Waals surface area contributed by atoms with Crippen molar-refractivity contribution in [3.05, 3.63) is 84.8 Å². The van der Waals surface area contributed by atoms with Gasteiger partial charge in [-0.15, -0.1) is 0 Å². The maximum Gasteiger partial charge on any atom is 0.276 e. The van der Waals surface area contributed by atoms with Gasteiger partial charge < -0.3 is 15.5 Å². The number of nitrogens with two attached hydrogens (primary N) is 1. The average Bonchev–Trinajstić information content (AvgIpc) is 3.02. The number of allylic oxidation sites excluding steroid dienone is 2. The normalized spacial score (nSPS) is 19.0. The second-order valence-electron chi connectivity index (χ2n) is 11.0. The minimum absolute atomic E-state index is 0.0211. The third-order valence-corrected chi connectivity index (χ3v) is 9.05. The molecule has 1 aliphatic carbocycles. The smallest absolute Gasteiger partial charge is 0.276 e. The third kappa shape index (κ3) is 5.40. The molecule has 234 valence electrons. The van der Waals surface area contributed by atoms with Crippen LogP contribution in [0.25, 0.3) is 22.3 Å². The lowest BCUT2D eigenvalue weighted by Gasteiger charge is -2.36. The SMILES string of the molecule is C=CC(=O)N1CCN(c2c(C#N)c(=O)n(-c3c(C)ccnc3C(C)C)c3nc(C4=C(Cl)[C@H](N)C(F)C(Cl)=C4F)c(Cl)cc23)CC1. The van der Waals surface area contributed by atoms with Gasteiger partial charge in [-0.25, -0.2) is 13.8 Å². The van der Waals surface area contributed by atoms with Crippen LogP contribution >= 0.6 is 34.8 Å². The summed E-state index contributed by atoms with van der Waals surface area (Å²) in [5.74, 6) is -1.57. The van der Waals surface area contributed by atoms with Gasteiger partial charge in [0.15, 0.2) is 12.0 Å². The summed E-state index contributed by atoms with van der Waals surface area (Å²) < 4.78 is 31.5. The molecule has 2 atom stereocenters. The highest BCUT2D eigenvalue weighted by Crippen LogP contribution is 2.44. The van der Waals surface area contributed by atoms with Crippen LogP contribution in [0.2, 0.25) is 5.02 Å². The number of piperazine rings is 1. The van der Waals surface area contributed by atoms with Crippen LogP contribution in [-0.2, 0) is 4.79 Å². The maximum atomic E-state index is 15.6. The number of carbonyl (C=O) groups is 1. The Labute approximate surface area is 272 Å². The molecule has 1 unspecified atom stereocenters. The molecule has 9 nitrogen and oxygen atoms in total. The fourth-order valence-electron chi connectivity index (χ4n) is 5.66. The lowest BCUT2D eigenvalue weighted by atomic mass is 9.96. The second-order valence-corrected chi connectivity index (χ2v) is 12.2. The predicted octanol–water partition coefficient (Wildman–Crippen LogP) is 5.62. The Morgan fingerprint density at radius 3 is 2.47 bits per heavy atom. The molecule has 0 radical (unpaired) electrons. The maximum absolute atomic E-state index is 15.6. The Bertz CT molecular complexity index is 1920. The number of nitriles is 1. The van der Waals surface area contributed by atoms with E-state index in [1.54, 1.807) is 24.1 Å². The van der Waals surface area contributed by atoms with Gasteiger partial charge in [-0.3, -0.25) is 19.1 Å². The number of nitrogens with zero attached hydrogens (tertiary/aromatic N) is 6. The van der Waals surface area contributed by atoms with Crippen molar-refractivity contribution in [1.82, 2.24) is 19.4 Å². The first kappa shape index (κ1) is 32.6. The van der Waals surface area contributed by atoms with E-state index in [2.05, 4.69) is 17.6 Å². The van der Waals surface area contributed by atoms with E-state index in [0.29, 0.717) is 35.4 Å². The summed E-state index contributed by atoms with van der Waals surface area (Å²) in [5, 5.41) is 9.41. The number of pyridine rings is 3. The molecule has 3 aromatic heterocycles. The van der Waals surface area contributed by atoms with Crippen molar-refractivity contribution in [2.75, 3.05) is 31.1 Å². The van der Waals surface area contributed by atoms with E-state index >= 15 is 4.39 Å². The molecule has 0 spiro atoms. The quantitative estimate of drug-likeness (QED) is 0.349. The van der Waals surface area contributed by atoms with E-state index in [1.165, 1.54) is 16.7 Å². The minimum Gasteiger partial charge on any atom is -0.366 e. The molecule has 2 N–H and O–H groups in total. The molecule has 1 saturated heterocycles. The van der Waals surface area contributed by atoms with Gasteiger partial charge in [-0.05, 0) is 36.6 Å². The summed E-state index contributed by atoms with van der Waals surface area (Å²) in [4.78, 5) is 39.3. The molecule has 0 aromatic carbocycles. The van der Waals surface area contributed by atoms with Gasteiger partial charge in [0.05, 0.1) is 49.5 Å². The Balaban J connectivity index is 1.90. The van der Waals surface area contributed by atoms with Crippen molar-refractivity contribution in [2.24, 2.45) is 5.73 Å². The topological polar surface area (TPSA) is 121 Å². The Hall–Kier alpha value is -3.82. The molecule has 3 aromatic rings. The van der Waals surface area contributed by atoms with Gasteiger partial charge in [0.25, 0.3) is 5.56 Å². The fraction of sp³-hybridized carbons (Fsp3) is 0.323. The molecule has 2 aliphatic rings. The Morgan fingerprint density at radius 1 is 1.20 bits per heavy atom. The summed E-state index contributed by atoms with van der Waals surface area (Å²) in [5.41, 5.74) is 6.32. The number of anilines is 1. The van der Waals surface area contributed by atoms with Crippen LogP contribution in [0.15, 0.2) is 51.7 Å². The zero-order valence-electron chi connectivity index (χ0n) is 24.5. The highest BCUT2D eigenvalue weighted by atomic mass is 35.5. The number of carbonyl (C=O) groups excluding carboxylic acids is 1. The van der Waals surface area contributed by atoms with Crippen LogP contribution in [0.4, 0.5) is 14.5 Å². The minimum atomic E-state index is -2.08. The summed E-state index contributed by atoms with van der Waals surface area (Å²) in [6.45, 7) is 10.3. The van der Waals surface area contributed by atoms with E-state index in [-0.39, 0.29) is 57.6 Å². The zero-order valence-corrected chi connectivity index (χ0v) is 26.8. The number of amides is 1. The molecular weight excluding hydrogens is 647 g/mol. The average molecular weight is 675 g/mol. The van der Waals surface area contributed by atoms with Crippen LogP contribution in [0, 0.1) is 18.3 Å². The number of alkyl halides is 1. The van der Waals surface area contributed by atoms with Crippen molar-refractivity contribution >= 4 is 63.0 Å².